The van der Waals surface area contributed by atoms with Gasteiger partial charge in [0.15, 0.2) is 0 Å². The molecule has 18 heavy (non-hydrogen) atoms. The monoisotopic (exact) mass is 246 g/mol. The number of aromatic nitrogens is 1. The average Bonchev–Trinajstić information content (AvgIpc) is 2.90. The second kappa shape index (κ2) is 6.21. The van der Waals surface area contributed by atoms with Crippen molar-refractivity contribution in [3.63, 3.8) is 0 Å². The van der Waals surface area contributed by atoms with Crippen molar-refractivity contribution in [1.82, 2.24) is 10.3 Å². The van der Waals surface area contributed by atoms with Gasteiger partial charge in [-0.15, -0.1) is 0 Å². The molecule has 4 nitrogen and oxygen atoms in total. The summed E-state index contributed by atoms with van der Waals surface area (Å²) in [6.07, 6.45) is 4.41. The van der Waals surface area contributed by atoms with Gasteiger partial charge < -0.3 is 14.5 Å². The first-order valence-electron chi connectivity index (χ1n) is 6.02. The molecule has 0 saturated heterocycles. The third-order valence-corrected chi connectivity index (χ3v) is 2.75. The van der Waals surface area contributed by atoms with E-state index in [1.165, 1.54) is 0 Å². The Bertz CT molecular complexity index is 451. The molecule has 4 heteroatoms. The largest absolute Gasteiger partial charge is 0.481 e. The van der Waals surface area contributed by atoms with Crippen LogP contribution in [0.5, 0.6) is 5.88 Å². The summed E-state index contributed by atoms with van der Waals surface area (Å²) in [5.74, 6) is 1.64. The Morgan fingerprint density at radius 2 is 2.28 bits per heavy atom. The van der Waals surface area contributed by atoms with Gasteiger partial charge >= 0.3 is 0 Å². The van der Waals surface area contributed by atoms with Crippen molar-refractivity contribution in [3.8, 4) is 5.88 Å². The molecule has 0 fully saturated rings. The first-order valence-corrected chi connectivity index (χ1v) is 6.02. The minimum atomic E-state index is 0.359. The van der Waals surface area contributed by atoms with Crippen LogP contribution in [0, 0.1) is 0 Å². The zero-order valence-electron chi connectivity index (χ0n) is 10.7. The quantitative estimate of drug-likeness (QED) is 0.850. The van der Waals surface area contributed by atoms with Crippen LogP contribution < -0.4 is 10.1 Å². The molecule has 1 unspecified atom stereocenters. The zero-order valence-corrected chi connectivity index (χ0v) is 10.7. The molecule has 2 heterocycles. The molecular formula is C14H18N2O2. The molecule has 0 amide bonds. The lowest BCUT2D eigenvalue weighted by Crippen LogP contribution is -2.27. The predicted octanol–water partition coefficient (Wildman–Crippen LogP) is 2.40. The maximum atomic E-state index is 5.32. The molecule has 0 aliphatic heterocycles. The Kier molecular flexibility index (Phi) is 4.36. The van der Waals surface area contributed by atoms with E-state index in [1.54, 1.807) is 13.4 Å². The number of pyridine rings is 1. The van der Waals surface area contributed by atoms with Crippen molar-refractivity contribution in [2.24, 2.45) is 0 Å². The van der Waals surface area contributed by atoms with Crippen LogP contribution in [-0.4, -0.2) is 18.1 Å². The molecule has 1 N–H and O–H groups in total. The average molecular weight is 246 g/mol. The topological polar surface area (TPSA) is 47.3 Å². The van der Waals surface area contributed by atoms with Crippen LogP contribution in [-0.2, 0) is 13.0 Å². The van der Waals surface area contributed by atoms with Crippen molar-refractivity contribution in [1.29, 1.82) is 0 Å². The molecule has 2 rings (SSSR count). The Morgan fingerprint density at radius 3 is 2.89 bits per heavy atom. The van der Waals surface area contributed by atoms with E-state index in [0.29, 0.717) is 11.9 Å². The van der Waals surface area contributed by atoms with E-state index in [1.807, 2.05) is 30.5 Å². The number of hydrogen-bond donors (Lipinski definition) is 1. The highest BCUT2D eigenvalue weighted by Crippen LogP contribution is 2.08. The van der Waals surface area contributed by atoms with Crippen LogP contribution in [0.25, 0.3) is 0 Å². The van der Waals surface area contributed by atoms with Crippen molar-refractivity contribution >= 4 is 0 Å². The van der Waals surface area contributed by atoms with Crippen LogP contribution in [0.3, 0.4) is 0 Å². The number of ether oxygens (including phenoxy) is 1. The van der Waals surface area contributed by atoms with E-state index in [4.69, 9.17) is 9.15 Å². The first kappa shape index (κ1) is 12.6. The summed E-state index contributed by atoms with van der Waals surface area (Å²) >= 11 is 0. The maximum absolute atomic E-state index is 5.32. The Balaban J connectivity index is 1.79. The minimum absolute atomic E-state index is 0.359. The molecule has 0 radical (unpaired) electrons. The first-order chi connectivity index (χ1) is 8.78. The molecule has 0 saturated carbocycles. The van der Waals surface area contributed by atoms with Gasteiger partial charge in [0.2, 0.25) is 5.88 Å². The van der Waals surface area contributed by atoms with Crippen molar-refractivity contribution < 1.29 is 9.15 Å². The fraction of sp³-hybridized carbons (Fsp3) is 0.357. The second-order valence-corrected chi connectivity index (χ2v) is 4.27. The molecular weight excluding hydrogens is 228 g/mol. The van der Waals surface area contributed by atoms with E-state index < -0.39 is 0 Å². The van der Waals surface area contributed by atoms with Crippen molar-refractivity contribution in [3.05, 3.63) is 48.0 Å². The van der Waals surface area contributed by atoms with Gasteiger partial charge in [0, 0.05) is 31.3 Å². The van der Waals surface area contributed by atoms with Gasteiger partial charge in [0.1, 0.15) is 5.76 Å². The fourth-order valence-corrected chi connectivity index (χ4v) is 1.73. The number of rotatable bonds is 6. The molecule has 0 spiro atoms. The molecule has 1 atom stereocenters. The summed E-state index contributed by atoms with van der Waals surface area (Å²) in [6.45, 7) is 2.93. The van der Waals surface area contributed by atoms with Gasteiger partial charge in [-0.25, -0.2) is 4.98 Å². The molecule has 0 aromatic carbocycles. The van der Waals surface area contributed by atoms with Gasteiger partial charge in [-0.3, -0.25) is 0 Å². The van der Waals surface area contributed by atoms with E-state index in [0.717, 1.165) is 24.3 Å². The summed E-state index contributed by atoms with van der Waals surface area (Å²) in [4.78, 5) is 4.17. The molecule has 0 bridgehead atoms. The van der Waals surface area contributed by atoms with Crippen molar-refractivity contribution in [2.45, 2.75) is 25.9 Å². The van der Waals surface area contributed by atoms with E-state index in [2.05, 4.69) is 17.2 Å². The van der Waals surface area contributed by atoms with Gasteiger partial charge in [-0.05, 0) is 24.6 Å². The summed E-state index contributed by atoms with van der Waals surface area (Å²) < 4.78 is 10.3. The van der Waals surface area contributed by atoms with Crippen LogP contribution in [0.1, 0.15) is 18.2 Å². The number of hydrogen-bond acceptors (Lipinski definition) is 4. The van der Waals surface area contributed by atoms with E-state index in [-0.39, 0.29) is 0 Å². The van der Waals surface area contributed by atoms with E-state index >= 15 is 0 Å². The number of furan rings is 1. The van der Waals surface area contributed by atoms with Crippen molar-refractivity contribution in [2.75, 3.05) is 7.11 Å². The summed E-state index contributed by atoms with van der Waals surface area (Å²) in [5.41, 5.74) is 1.14. The highest BCUT2D eigenvalue weighted by molar-refractivity contribution is 5.17. The zero-order chi connectivity index (χ0) is 12.8. The minimum Gasteiger partial charge on any atom is -0.481 e. The second-order valence-electron chi connectivity index (χ2n) is 4.27. The highest BCUT2D eigenvalue weighted by Gasteiger charge is 2.05. The summed E-state index contributed by atoms with van der Waals surface area (Å²) in [5, 5.41) is 3.43. The SMILES string of the molecule is COc1ccc(CNC(C)Cc2ccco2)cn1. The van der Waals surface area contributed by atoms with Crippen LogP contribution >= 0.6 is 0 Å². The van der Waals surface area contributed by atoms with Gasteiger partial charge in [0.05, 0.1) is 13.4 Å². The lowest BCUT2D eigenvalue weighted by molar-refractivity contribution is 0.397. The number of nitrogens with one attached hydrogen (secondary N) is 1. The Hall–Kier alpha value is -1.81. The third-order valence-electron chi connectivity index (χ3n) is 2.75. The molecule has 96 valence electrons. The van der Waals surface area contributed by atoms with Crippen LogP contribution in [0.15, 0.2) is 41.1 Å². The van der Waals surface area contributed by atoms with Gasteiger partial charge in [-0.2, -0.15) is 0 Å². The smallest absolute Gasteiger partial charge is 0.212 e. The molecule has 2 aromatic rings. The van der Waals surface area contributed by atoms with Gasteiger partial charge in [-0.1, -0.05) is 6.07 Å². The molecule has 0 aliphatic carbocycles. The highest BCUT2D eigenvalue weighted by atomic mass is 16.5. The molecule has 2 aromatic heterocycles. The maximum Gasteiger partial charge on any atom is 0.212 e. The lowest BCUT2D eigenvalue weighted by Gasteiger charge is -2.12. The normalized spacial score (nSPS) is 12.3. The lowest BCUT2D eigenvalue weighted by atomic mass is 10.2. The predicted molar refractivity (Wildman–Crippen MR) is 69.5 cm³/mol. The summed E-state index contributed by atoms with van der Waals surface area (Å²) in [7, 11) is 1.62. The van der Waals surface area contributed by atoms with Crippen LogP contribution in [0.4, 0.5) is 0 Å². The Labute approximate surface area is 107 Å². The molecule has 0 aliphatic rings. The van der Waals surface area contributed by atoms with Crippen LogP contribution in [0.2, 0.25) is 0 Å². The fourth-order valence-electron chi connectivity index (χ4n) is 1.73. The Morgan fingerprint density at radius 1 is 1.39 bits per heavy atom. The number of methoxy groups -OCH3 is 1. The number of nitrogens with zero attached hydrogens (tertiary/aromatic N) is 1. The van der Waals surface area contributed by atoms with Gasteiger partial charge in [0.25, 0.3) is 0 Å². The summed E-state index contributed by atoms with van der Waals surface area (Å²) in [6, 6.07) is 8.15. The third kappa shape index (κ3) is 3.60. The van der Waals surface area contributed by atoms with E-state index in [9.17, 15) is 0 Å². The standard InChI is InChI=1S/C14H18N2O2/c1-11(8-13-4-3-7-18-13)15-9-12-5-6-14(17-2)16-10-12/h3-7,10-11,15H,8-9H2,1-2H3.